The average molecular weight is 316 g/mol. The zero-order chi connectivity index (χ0) is 15.8. The van der Waals surface area contributed by atoms with Gasteiger partial charge in [-0.3, -0.25) is 10.1 Å². The van der Waals surface area contributed by atoms with Gasteiger partial charge in [-0.15, -0.1) is 0 Å². The Balaban J connectivity index is 2.32. The van der Waals surface area contributed by atoms with E-state index in [4.69, 9.17) is 0 Å². The van der Waals surface area contributed by atoms with E-state index >= 15 is 0 Å². The highest BCUT2D eigenvalue weighted by Crippen LogP contribution is 2.29. The molecule has 0 N–H and O–H groups in total. The Kier molecular flexibility index (Phi) is 4.29. The van der Waals surface area contributed by atoms with Crippen molar-refractivity contribution in [2.75, 3.05) is 13.1 Å². The van der Waals surface area contributed by atoms with Gasteiger partial charge in [0.15, 0.2) is 0 Å². The number of hydrogen-bond acceptors (Lipinski definition) is 4. The van der Waals surface area contributed by atoms with E-state index in [2.05, 4.69) is 6.92 Å². The van der Waals surface area contributed by atoms with Crippen LogP contribution >= 0.6 is 0 Å². The second-order valence-electron chi connectivity index (χ2n) is 5.48. The van der Waals surface area contributed by atoms with E-state index in [0.29, 0.717) is 19.0 Å². The lowest BCUT2D eigenvalue weighted by molar-refractivity contribution is -0.387. The van der Waals surface area contributed by atoms with Crippen molar-refractivity contribution in [3.05, 3.63) is 34.1 Å². The Morgan fingerprint density at radius 2 is 2.00 bits per heavy atom. The van der Waals surface area contributed by atoms with Crippen LogP contribution in [0.2, 0.25) is 0 Å². The normalized spacial score (nSPS) is 24.0. The van der Waals surface area contributed by atoms with Crippen molar-refractivity contribution in [1.82, 2.24) is 4.31 Å². The maximum atomic E-state index is 13.6. The molecule has 1 aromatic rings. The van der Waals surface area contributed by atoms with E-state index in [1.54, 1.807) is 0 Å². The third-order valence-corrected chi connectivity index (χ3v) is 5.91. The van der Waals surface area contributed by atoms with Gasteiger partial charge in [-0.1, -0.05) is 13.8 Å². The molecule has 0 spiro atoms. The Bertz CT molecular complexity index is 662. The summed E-state index contributed by atoms with van der Waals surface area (Å²) in [4.78, 5) is 9.45. The lowest BCUT2D eigenvalue weighted by atomic mass is 9.90. The minimum Gasteiger partial charge on any atom is -0.258 e. The van der Waals surface area contributed by atoms with Crippen molar-refractivity contribution in [2.24, 2.45) is 11.8 Å². The van der Waals surface area contributed by atoms with Gasteiger partial charge in [-0.05, 0) is 24.3 Å². The van der Waals surface area contributed by atoms with Gasteiger partial charge in [0.1, 0.15) is 0 Å². The van der Waals surface area contributed by atoms with Crippen molar-refractivity contribution in [1.29, 1.82) is 0 Å². The number of sulfonamides is 1. The molecule has 1 aliphatic heterocycles. The molecule has 116 valence electrons. The SMILES string of the molecule is CC1CCN(S(=O)(=O)c2ccc([N+](=O)[O-])c(F)c2)CC1C. The van der Waals surface area contributed by atoms with Crippen molar-refractivity contribution in [2.45, 2.75) is 25.2 Å². The van der Waals surface area contributed by atoms with Crippen LogP contribution in [0.5, 0.6) is 0 Å². The monoisotopic (exact) mass is 316 g/mol. The maximum Gasteiger partial charge on any atom is 0.304 e. The minimum atomic E-state index is -3.81. The van der Waals surface area contributed by atoms with Crippen molar-refractivity contribution in [3.63, 3.8) is 0 Å². The zero-order valence-corrected chi connectivity index (χ0v) is 12.6. The van der Waals surface area contributed by atoms with Gasteiger partial charge < -0.3 is 0 Å². The second-order valence-corrected chi connectivity index (χ2v) is 7.41. The van der Waals surface area contributed by atoms with E-state index in [1.807, 2.05) is 6.92 Å². The number of hydrogen-bond donors (Lipinski definition) is 0. The number of piperidine rings is 1. The summed E-state index contributed by atoms with van der Waals surface area (Å²) in [5.74, 6) is -0.485. The maximum absolute atomic E-state index is 13.6. The summed E-state index contributed by atoms with van der Waals surface area (Å²) in [5, 5.41) is 10.6. The fourth-order valence-electron chi connectivity index (χ4n) is 2.39. The first-order chi connectivity index (χ1) is 9.73. The molecular weight excluding hydrogens is 299 g/mol. The molecule has 6 nitrogen and oxygen atoms in total. The van der Waals surface area contributed by atoms with E-state index in [0.717, 1.165) is 24.6 Å². The van der Waals surface area contributed by atoms with Crippen molar-refractivity contribution >= 4 is 15.7 Å². The summed E-state index contributed by atoms with van der Waals surface area (Å²) < 4.78 is 39.9. The summed E-state index contributed by atoms with van der Waals surface area (Å²) in [6.45, 7) is 4.80. The molecule has 1 fully saturated rings. The van der Waals surface area contributed by atoms with Gasteiger partial charge in [0, 0.05) is 25.2 Å². The van der Waals surface area contributed by atoms with Gasteiger partial charge in [0.05, 0.1) is 9.82 Å². The molecule has 1 aromatic carbocycles. The van der Waals surface area contributed by atoms with Gasteiger partial charge in [0.25, 0.3) is 0 Å². The van der Waals surface area contributed by atoms with E-state index < -0.39 is 26.5 Å². The highest BCUT2D eigenvalue weighted by atomic mass is 32.2. The summed E-state index contributed by atoms with van der Waals surface area (Å²) >= 11 is 0. The Morgan fingerprint density at radius 1 is 1.33 bits per heavy atom. The third-order valence-electron chi connectivity index (χ3n) is 4.05. The van der Waals surface area contributed by atoms with Crippen LogP contribution in [-0.4, -0.2) is 30.7 Å². The number of benzene rings is 1. The first-order valence-electron chi connectivity index (χ1n) is 6.67. The molecule has 21 heavy (non-hydrogen) atoms. The molecule has 2 atom stereocenters. The predicted molar refractivity (Wildman–Crippen MR) is 74.8 cm³/mol. The standard InChI is InChI=1S/C13H17FN2O4S/c1-9-5-6-15(8-10(9)2)21(19,20)11-3-4-13(16(17)18)12(14)7-11/h3-4,7,9-10H,5-6,8H2,1-2H3. The summed E-state index contributed by atoms with van der Waals surface area (Å²) in [6, 6.07) is 2.69. The molecule has 1 heterocycles. The van der Waals surface area contributed by atoms with Crippen LogP contribution in [0.4, 0.5) is 10.1 Å². The first kappa shape index (κ1) is 15.8. The molecule has 0 aromatic heterocycles. The molecule has 1 aliphatic rings. The van der Waals surface area contributed by atoms with Gasteiger partial charge >= 0.3 is 5.69 Å². The molecule has 2 unspecified atom stereocenters. The molecule has 0 amide bonds. The quantitative estimate of drug-likeness (QED) is 0.633. The highest BCUT2D eigenvalue weighted by Gasteiger charge is 2.32. The first-order valence-corrected chi connectivity index (χ1v) is 8.11. The lowest BCUT2D eigenvalue weighted by Gasteiger charge is -2.34. The Hall–Kier alpha value is -1.54. The van der Waals surface area contributed by atoms with Crippen LogP contribution in [0, 0.1) is 27.8 Å². The van der Waals surface area contributed by atoms with Crippen molar-refractivity contribution < 1.29 is 17.7 Å². The molecule has 0 radical (unpaired) electrons. The number of rotatable bonds is 3. The molecular formula is C13H17FN2O4S. The van der Waals surface area contributed by atoms with Gasteiger partial charge in [-0.25, -0.2) is 8.42 Å². The predicted octanol–water partition coefficient (Wildman–Crippen LogP) is 2.40. The lowest BCUT2D eigenvalue weighted by Crippen LogP contribution is -2.42. The summed E-state index contributed by atoms with van der Waals surface area (Å²) in [5.41, 5.74) is -0.727. The Morgan fingerprint density at radius 3 is 2.52 bits per heavy atom. The van der Waals surface area contributed by atoms with Crippen LogP contribution in [0.15, 0.2) is 23.1 Å². The molecule has 0 aliphatic carbocycles. The zero-order valence-electron chi connectivity index (χ0n) is 11.8. The molecule has 1 saturated heterocycles. The fourth-order valence-corrected chi connectivity index (χ4v) is 3.96. The highest BCUT2D eigenvalue weighted by molar-refractivity contribution is 7.89. The molecule has 0 bridgehead atoms. The van der Waals surface area contributed by atoms with Crippen molar-refractivity contribution in [3.8, 4) is 0 Å². The third kappa shape index (κ3) is 3.06. The summed E-state index contributed by atoms with van der Waals surface area (Å²) in [7, 11) is -3.81. The molecule has 8 heteroatoms. The Labute approximate surface area is 122 Å². The van der Waals surface area contributed by atoms with Gasteiger partial charge in [-0.2, -0.15) is 8.70 Å². The number of nitro groups is 1. The van der Waals surface area contributed by atoms with Crippen LogP contribution in [0.1, 0.15) is 20.3 Å². The number of halogens is 1. The van der Waals surface area contributed by atoms with Crippen LogP contribution in [0.3, 0.4) is 0 Å². The summed E-state index contributed by atoms with van der Waals surface area (Å²) in [6.07, 6.45) is 0.746. The van der Waals surface area contributed by atoms with Gasteiger partial charge in [0.2, 0.25) is 15.8 Å². The molecule has 0 saturated carbocycles. The molecule has 2 rings (SSSR count). The average Bonchev–Trinajstić information content (AvgIpc) is 2.41. The van der Waals surface area contributed by atoms with E-state index in [9.17, 15) is 22.9 Å². The smallest absolute Gasteiger partial charge is 0.258 e. The van der Waals surface area contributed by atoms with E-state index in [1.165, 1.54) is 4.31 Å². The largest absolute Gasteiger partial charge is 0.304 e. The van der Waals surface area contributed by atoms with Crippen LogP contribution in [0.25, 0.3) is 0 Å². The van der Waals surface area contributed by atoms with E-state index in [-0.39, 0.29) is 10.8 Å². The minimum absolute atomic E-state index is 0.219. The second kappa shape index (κ2) is 5.69. The number of nitro benzene ring substituents is 1. The fraction of sp³-hybridized carbons (Fsp3) is 0.538. The number of nitrogens with zero attached hydrogens (tertiary/aromatic N) is 2. The van der Waals surface area contributed by atoms with Crippen LogP contribution in [-0.2, 0) is 10.0 Å². The van der Waals surface area contributed by atoms with Crippen LogP contribution < -0.4 is 0 Å². The topological polar surface area (TPSA) is 80.5 Å².